The van der Waals surface area contributed by atoms with Crippen LogP contribution in [0.5, 0.6) is 11.5 Å². The minimum absolute atomic E-state index is 0.183. The van der Waals surface area contributed by atoms with E-state index >= 15 is 0 Å². The predicted octanol–water partition coefficient (Wildman–Crippen LogP) is 2.32. The number of fused-ring (bicyclic) bond motifs is 1. The van der Waals surface area contributed by atoms with E-state index in [4.69, 9.17) is 4.98 Å². The van der Waals surface area contributed by atoms with Gasteiger partial charge >= 0.3 is 0 Å². The summed E-state index contributed by atoms with van der Waals surface area (Å²) in [5.74, 6) is 2.01. The molecule has 1 aromatic carbocycles. The highest BCUT2D eigenvalue weighted by atomic mass is 16.3. The fourth-order valence-electron chi connectivity index (χ4n) is 3.00. The molecule has 0 unspecified atom stereocenters. The summed E-state index contributed by atoms with van der Waals surface area (Å²) in [6.45, 7) is 2.31. The highest BCUT2D eigenvalue weighted by molar-refractivity contribution is 5.38. The summed E-state index contributed by atoms with van der Waals surface area (Å²) in [7, 11) is 0. The van der Waals surface area contributed by atoms with Crippen molar-refractivity contribution in [2.75, 3.05) is 6.54 Å². The lowest BCUT2D eigenvalue weighted by Gasteiger charge is -2.28. The normalized spacial score (nSPS) is 18.2. The van der Waals surface area contributed by atoms with Gasteiger partial charge < -0.3 is 10.2 Å². The summed E-state index contributed by atoms with van der Waals surface area (Å²) < 4.78 is 0. The van der Waals surface area contributed by atoms with Crippen LogP contribution in [0.25, 0.3) is 0 Å². The molecule has 114 valence electrons. The number of benzene rings is 1. The Hall–Kier alpha value is -2.14. The van der Waals surface area contributed by atoms with Gasteiger partial charge in [-0.15, -0.1) is 0 Å². The molecule has 5 heteroatoms. The van der Waals surface area contributed by atoms with Crippen LogP contribution in [-0.2, 0) is 19.5 Å². The van der Waals surface area contributed by atoms with E-state index in [9.17, 15) is 10.2 Å². The minimum atomic E-state index is 0.183. The van der Waals surface area contributed by atoms with Gasteiger partial charge in [0.25, 0.3) is 0 Å². The minimum Gasteiger partial charge on any atom is -0.508 e. The summed E-state index contributed by atoms with van der Waals surface area (Å²) in [4.78, 5) is 11.5. The van der Waals surface area contributed by atoms with Crippen LogP contribution in [0, 0.1) is 0 Å². The molecular weight excluding hydrogens is 278 g/mol. The maximum absolute atomic E-state index is 9.90. The first kappa shape index (κ1) is 13.5. The lowest BCUT2D eigenvalue weighted by molar-refractivity contribution is 0.239. The molecule has 2 heterocycles. The van der Waals surface area contributed by atoms with Gasteiger partial charge in [-0.2, -0.15) is 0 Å². The van der Waals surface area contributed by atoms with Crippen molar-refractivity contribution in [2.24, 2.45) is 0 Å². The molecule has 1 fully saturated rings. The molecular formula is C17H19N3O2. The Kier molecular flexibility index (Phi) is 3.22. The average molecular weight is 297 g/mol. The summed E-state index contributed by atoms with van der Waals surface area (Å²) in [5, 5.41) is 19.5. The third-order valence-corrected chi connectivity index (χ3v) is 4.43. The van der Waals surface area contributed by atoms with E-state index in [1.807, 2.05) is 6.20 Å². The predicted molar refractivity (Wildman–Crippen MR) is 81.6 cm³/mol. The second-order valence-electron chi connectivity index (χ2n) is 6.25. The second kappa shape index (κ2) is 5.25. The lowest BCUT2D eigenvalue weighted by atomic mass is 10.1. The smallest absolute Gasteiger partial charge is 0.131 e. The number of rotatable bonds is 3. The number of nitrogens with zero attached hydrogens (tertiary/aromatic N) is 3. The largest absolute Gasteiger partial charge is 0.508 e. The van der Waals surface area contributed by atoms with E-state index < -0.39 is 0 Å². The van der Waals surface area contributed by atoms with Gasteiger partial charge in [0.15, 0.2) is 0 Å². The zero-order valence-electron chi connectivity index (χ0n) is 12.4. The summed E-state index contributed by atoms with van der Waals surface area (Å²) in [6, 6.07) is 4.66. The van der Waals surface area contributed by atoms with Crippen LogP contribution < -0.4 is 0 Å². The first-order valence-electron chi connectivity index (χ1n) is 7.77. The van der Waals surface area contributed by atoms with Crippen LogP contribution in [0.1, 0.15) is 41.4 Å². The van der Waals surface area contributed by atoms with Gasteiger partial charge in [-0.25, -0.2) is 9.97 Å². The van der Waals surface area contributed by atoms with E-state index in [1.54, 1.807) is 6.07 Å². The van der Waals surface area contributed by atoms with Gasteiger partial charge in [-0.05, 0) is 31.0 Å². The van der Waals surface area contributed by atoms with Crippen LogP contribution in [0.15, 0.2) is 24.4 Å². The number of phenols is 2. The maximum Gasteiger partial charge on any atom is 0.131 e. The van der Waals surface area contributed by atoms with Gasteiger partial charge in [-0.3, -0.25) is 4.90 Å². The zero-order valence-corrected chi connectivity index (χ0v) is 12.4. The SMILES string of the molecule is Oc1ccc(O)c(CN2CCc3nc(C4CC4)ncc3C2)c1. The van der Waals surface area contributed by atoms with Crippen LogP contribution >= 0.6 is 0 Å². The Bertz CT molecular complexity index is 713. The fraction of sp³-hybridized carbons (Fsp3) is 0.412. The topological polar surface area (TPSA) is 69.5 Å². The molecule has 0 radical (unpaired) electrons. The van der Waals surface area contributed by atoms with Crippen molar-refractivity contribution < 1.29 is 10.2 Å². The molecule has 1 saturated carbocycles. The molecule has 22 heavy (non-hydrogen) atoms. The number of phenolic OH excluding ortho intramolecular Hbond substituents is 2. The molecule has 0 amide bonds. The van der Waals surface area contributed by atoms with Crippen LogP contribution in [0.2, 0.25) is 0 Å². The summed E-state index contributed by atoms with van der Waals surface area (Å²) in [5.41, 5.74) is 3.10. The monoisotopic (exact) mass is 297 g/mol. The Morgan fingerprint density at radius 2 is 2.09 bits per heavy atom. The van der Waals surface area contributed by atoms with Crippen LogP contribution in [0.4, 0.5) is 0 Å². The fourth-order valence-corrected chi connectivity index (χ4v) is 3.00. The first-order valence-corrected chi connectivity index (χ1v) is 7.77. The standard InChI is InChI=1S/C17H19N3O2/c21-14-3-4-16(22)12(7-14)9-20-6-5-15-13(10-20)8-18-17(19-15)11-1-2-11/h3-4,7-8,11,21-22H,1-2,5-6,9-10H2. The third-order valence-electron chi connectivity index (χ3n) is 4.43. The van der Waals surface area contributed by atoms with Gasteiger partial charge in [0, 0.05) is 55.0 Å². The molecule has 2 N–H and O–H groups in total. The quantitative estimate of drug-likeness (QED) is 0.851. The van der Waals surface area contributed by atoms with E-state index in [1.165, 1.54) is 36.2 Å². The Balaban J connectivity index is 1.50. The van der Waals surface area contributed by atoms with Crippen molar-refractivity contribution in [3.8, 4) is 11.5 Å². The van der Waals surface area contributed by atoms with Crippen LogP contribution in [0.3, 0.4) is 0 Å². The number of aromatic hydroxyl groups is 2. The van der Waals surface area contributed by atoms with E-state index in [0.717, 1.165) is 30.9 Å². The molecule has 4 rings (SSSR count). The Labute approximate surface area is 129 Å². The van der Waals surface area contributed by atoms with Crippen molar-refractivity contribution in [2.45, 2.75) is 38.3 Å². The highest BCUT2D eigenvalue weighted by Gasteiger charge is 2.28. The molecule has 0 atom stereocenters. The summed E-state index contributed by atoms with van der Waals surface area (Å²) >= 11 is 0. The molecule has 2 aromatic rings. The molecule has 2 aliphatic rings. The third kappa shape index (κ3) is 2.64. The summed E-state index contributed by atoms with van der Waals surface area (Å²) in [6.07, 6.45) is 5.32. The maximum atomic E-state index is 9.90. The first-order chi connectivity index (χ1) is 10.7. The zero-order chi connectivity index (χ0) is 15.1. The molecule has 0 saturated heterocycles. The van der Waals surface area contributed by atoms with Crippen molar-refractivity contribution in [3.05, 3.63) is 47.0 Å². The van der Waals surface area contributed by atoms with Gasteiger partial charge in [0.2, 0.25) is 0 Å². The Morgan fingerprint density at radius 3 is 2.91 bits per heavy atom. The number of hydrogen-bond donors (Lipinski definition) is 2. The van der Waals surface area contributed by atoms with Crippen LogP contribution in [-0.4, -0.2) is 31.6 Å². The number of hydrogen-bond acceptors (Lipinski definition) is 5. The lowest BCUT2D eigenvalue weighted by Crippen LogP contribution is -2.31. The number of aromatic nitrogens is 2. The van der Waals surface area contributed by atoms with Crippen molar-refractivity contribution in [1.29, 1.82) is 0 Å². The van der Waals surface area contributed by atoms with E-state index in [-0.39, 0.29) is 11.5 Å². The molecule has 1 aliphatic carbocycles. The Morgan fingerprint density at radius 1 is 1.23 bits per heavy atom. The molecule has 5 nitrogen and oxygen atoms in total. The molecule has 0 spiro atoms. The van der Waals surface area contributed by atoms with Gasteiger partial charge in [-0.1, -0.05) is 0 Å². The average Bonchev–Trinajstić information content (AvgIpc) is 3.35. The van der Waals surface area contributed by atoms with Gasteiger partial charge in [0.05, 0.1) is 0 Å². The van der Waals surface area contributed by atoms with Crippen molar-refractivity contribution in [3.63, 3.8) is 0 Å². The van der Waals surface area contributed by atoms with Gasteiger partial charge in [0.1, 0.15) is 17.3 Å². The van der Waals surface area contributed by atoms with E-state index in [0.29, 0.717) is 12.5 Å². The van der Waals surface area contributed by atoms with E-state index in [2.05, 4.69) is 9.88 Å². The highest BCUT2D eigenvalue weighted by Crippen LogP contribution is 2.38. The second-order valence-corrected chi connectivity index (χ2v) is 6.25. The molecule has 1 aromatic heterocycles. The molecule has 0 bridgehead atoms. The van der Waals surface area contributed by atoms with Crippen molar-refractivity contribution >= 4 is 0 Å². The molecule has 1 aliphatic heterocycles. The van der Waals surface area contributed by atoms with Crippen molar-refractivity contribution in [1.82, 2.24) is 14.9 Å².